The number of carbonyl (C=O) groups excluding carboxylic acids is 1. The minimum Gasteiger partial charge on any atom is -0.356 e. The number of hydrogen-bond donors (Lipinski definition) is 1. The zero-order chi connectivity index (χ0) is 23.0. The molecule has 1 amide bonds. The number of nitrogens with zero attached hydrogens (tertiary/aromatic N) is 2. The molecule has 0 aliphatic heterocycles. The van der Waals surface area contributed by atoms with E-state index in [4.69, 9.17) is 4.98 Å². The minimum absolute atomic E-state index is 0.0221. The van der Waals surface area contributed by atoms with Gasteiger partial charge in [-0.05, 0) is 42.7 Å². The largest absolute Gasteiger partial charge is 0.356 e. The van der Waals surface area contributed by atoms with Gasteiger partial charge in [0.25, 0.3) is 5.56 Å². The Labute approximate surface area is 191 Å². The molecule has 1 aromatic carbocycles. The molecule has 1 aromatic heterocycles. The fraction of sp³-hybridized carbons (Fsp3) is 0.560. The van der Waals surface area contributed by atoms with Gasteiger partial charge in [0.2, 0.25) is 5.91 Å². The van der Waals surface area contributed by atoms with E-state index >= 15 is 0 Å². The van der Waals surface area contributed by atoms with E-state index in [1.54, 1.807) is 23.4 Å². The SMILES string of the molecule is CCCNC(=O)CCCCSc1nc(C)c(Cc2ccc(C(C)(C)C)cc2)c(=O)n1C. The summed E-state index contributed by atoms with van der Waals surface area (Å²) in [5.74, 6) is 0.960. The topological polar surface area (TPSA) is 64.0 Å². The number of benzene rings is 1. The van der Waals surface area contributed by atoms with Crippen molar-refractivity contribution < 1.29 is 4.79 Å². The molecule has 0 aliphatic rings. The zero-order valence-corrected chi connectivity index (χ0v) is 20.7. The molecule has 0 atom stereocenters. The van der Waals surface area contributed by atoms with Gasteiger partial charge in [0.05, 0.1) is 0 Å². The van der Waals surface area contributed by atoms with Crippen molar-refractivity contribution in [3.8, 4) is 0 Å². The maximum Gasteiger partial charge on any atom is 0.257 e. The summed E-state index contributed by atoms with van der Waals surface area (Å²) >= 11 is 1.58. The summed E-state index contributed by atoms with van der Waals surface area (Å²) < 4.78 is 1.66. The van der Waals surface area contributed by atoms with Crippen LogP contribution in [0.4, 0.5) is 0 Å². The van der Waals surface area contributed by atoms with Crippen LogP contribution in [0.2, 0.25) is 0 Å². The van der Waals surface area contributed by atoms with E-state index in [1.807, 2.05) is 13.8 Å². The van der Waals surface area contributed by atoms with Crippen LogP contribution in [0.25, 0.3) is 0 Å². The highest BCUT2D eigenvalue weighted by Gasteiger charge is 2.15. The number of aromatic nitrogens is 2. The zero-order valence-electron chi connectivity index (χ0n) is 19.9. The molecular weight excluding hydrogens is 406 g/mol. The van der Waals surface area contributed by atoms with Gasteiger partial charge in [-0.15, -0.1) is 0 Å². The Bertz CT molecular complexity index is 928. The first-order valence-corrected chi connectivity index (χ1v) is 12.2. The predicted octanol–water partition coefficient (Wildman–Crippen LogP) is 4.77. The van der Waals surface area contributed by atoms with Gasteiger partial charge in [-0.3, -0.25) is 14.2 Å². The molecule has 0 unspecified atom stereocenters. The highest BCUT2D eigenvalue weighted by atomic mass is 32.2. The highest BCUT2D eigenvalue weighted by Crippen LogP contribution is 2.23. The van der Waals surface area contributed by atoms with E-state index in [1.165, 1.54) is 5.56 Å². The van der Waals surface area contributed by atoms with Gasteiger partial charge in [0.1, 0.15) is 0 Å². The molecule has 1 N–H and O–H groups in total. The van der Waals surface area contributed by atoms with Crippen LogP contribution in [-0.2, 0) is 23.7 Å². The number of aryl methyl sites for hydroxylation is 1. The highest BCUT2D eigenvalue weighted by molar-refractivity contribution is 7.99. The Morgan fingerprint density at radius 1 is 1.16 bits per heavy atom. The van der Waals surface area contributed by atoms with E-state index in [-0.39, 0.29) is 16.9 Å². The van der Waals surface area contributed by atoms with Crippen molar-refractivity contribution >= 4 is 17.7 Å². The smallest absolute Gasteiger partial charge is 0.257 e. The number of nitrogens with one attached hydrogen (secondary N) is 1. The van der Waals surface area contributed by atoms with Crippen molar-refractivity contribution in [2.75, 3.05) is 12.3 Å². The summed E-state index contributed by atoms with van der Waals surface area (Å²) in [6, 6.07) is 8.52. The average Bonchev–Trinajstić information content (AvgIpc) is 2.72. The molecule has 170 valence electrons. The van der Waals surface area contributed by atoms with Crippen LogP contribution in [0.5, 0.6) is 0 Å². The second-order valence-electron chi connectivity index (χ2n) is 9.10. The van der Waals surface area contributed by atoms with Gasteiger partial charge in [-0.25, -0.2) is 4.98 Å². The lowest BCUT2D eigenvalue weighted by atomic mass is 9.86. The normalized spacial score (nSPS) is 11.5. The van der Waals surface area contributed by atoms with Gasteiger partial charge in [-0.1, -0.05) is 63.7 Å². The third-order valence-corrected chi connectivity index (χ3v) is 6.47. The molecule has 0 bridgehead atoms. The summed E-state index contributed by atoms with van der Waals surface area (Å²) in [6.45, 7) is 11.3. The van der Waals surface area contributed by atoms with Crippen molar-refractivity contribution in [1.82, 2.24) is 14.9 Å². The Balaban J connectivity index is 1.98. The number of thioether (sulfide) groups is 1. The first kappa shape index (κ1) is 25.2. The summed E-state index contributed by atoms with van der Waals surface area (Å²) in [6.07, 6.45) is 3.87. The van der Waals surface area contributed by atoms with Crippen molar-refractivity contribution in [2.24, 2.45) is 7.05 Å². The van der Waals surface area contributed by atoms with Crippen molar-refractivity contribution in [2.45, 2.75) is 77.3 Å². The van der Waals surface area contributed by atoms with Crippen molar-refractivity contribution in [1.29, 1.82) is 0 Å². The fourth-order valence-corrected chi connectivity index (χ4v) is 4.30. The predicted molar refractivity (Wildman–Crippen MR) is 130 cm³/mol. The number of carbonyl (C=O) groups is 1. The van der Waals surface area contributed by atoms with Gasteiger partial charge in [0, 0.05) is 43.4 Å². The summed E-state index contributed by atoms with van der Waals surface area (Å²) in [5.41, 5.74) is 4.09. The average molecular weight is 444 g/mol. The van der Waals surface area contributed by atoms with E-state index in [0.29, 0.717) is 12.8 Å². The molecular formula is C25H37N3O2S. The van der Waals surface area contributed by atoms with Gasteiger partial charge in [-0.2, -0.15) is 0 Å². The van der Waals surface area contributed by atoms with Gasteiger partial charge < -0.3 is 5.32 Å². The molecule has 2 aromatic rings. The quantitative estimate of drug-likeness (QED) is 0.326. The van der Waals surface area contributed by atoms with Crippen LogP contribution >= 0.6 is 11.8 Å². The molecule has 0 saturated heterocycles. The molecule has 0 saturated carbocycles. The molecule has 0 fully saturated rings. The monoisotopic (exact) mass is 443 g/mol. The van der Waals surface area contributed by atoms with Crippen molar-refractivity contribution in [3.63, 3.8) is 0 Å². The number of hydrogen-bond acceptors (Lipinski definition) is 4. The second-order valence-corrected chi connectivity index (χ2v) is 10.2. The fourth-order valence-electron chi connectivity index (χ4n) is 3.29. The molecule has 0 aliphatic carbocycles. The molecule has 0 spiro atoms. The van der Waals surface area contributed by atoms with E-state index in [9.17, 15) is 9.59 Å². The summed E-state index contributed by atoms with van der Waals surface area (Å²) in [5, 5.41) is 3.64. The van der Waals surface area contributed by atoms with Crippen LogP contribution in [0.15, 0.2) is 34.2 Å². The summed E-state index contributed by atoms with van der Waals surface area (Å²) in [7, 11) is 1.79. The molecule has 5 nitrogen and oxygen atoms in total. The van der Waals surface area contributed by atoms with Crippen LogP contribution in [0, 0.1) is 6.92 Å². The third kappa shape index (κ3) is 7.53. The van der Waals surface area contributed by atoms with Gasteiger partial charge >= 0.3 is 0 Å². The lowest BCUT2D eigenvalue weighted by Crippen LogP contribution is -2.26. The van der Waals surface area contributed by atoms with Crippen LogP contribution in [0.3, 0.4) is 0 Å². The molecule has 0 radical (unpaired) electrons. The van der Waals surface area contributed by atoms with Gasteiger partial charge in [0.15, 0.2) is 5.16 Å². The standard InChI is InChI=1S/C25H37N3O2S/c1-7-15-26-22(29)10-8-9-16-31-24-27-18(2)21(23(30)28(24)6)17-19-11-13-20(14-12-19)25(3,4)5/h11-14H,7-10,15-17H2,1-6H3,(H,26,29). The van der Waals surface area contributed by atoms with Crippen LogP contribution < -0.4 is 10.9 Å². The number of rotatable bonds is 10. The number of unbranched alkanes of at least 4 members (excludes halogenated alkanes) is 1. The molecule has 2 rings (SSSR count). The Morgan fingerprint density at radius 2 is 1.84 bits per heavy atom. The Morgan fingerprint density at radius 3 is 2.45 bits per heavy atom. The Hall–Kier alpha value is -2.08. The maximum absolute atomic E-state index is 13.0. The maximum atomic E-state index is 13.0. The van der Waals surface area contributed by atoms with Crippen molar-refractivity contribution in [3.05, 3.63) is 57.0 Å². The lowest BCUT2D eigenvalue weighted by molar-refractivity contribution is -0.121. The second kappa shape index (κ2) is 11.5. The van der Waals surface area contributed by atoms with E-state index < -0.39 is 0 Å². The summed E-state index contributed by atoms with van der Waals surface area (Å²) in [4.78, 5) is 29.3. The Kier molecular flexibility index (Phi) is 9.35. The third-order valence-electron chi connectivity index (χ3n) is 5.35. The first-order valence-electron chi connectivity index (χ1n) is 11.2. The first-order chi connectivity index (χ1) is 14.6. The van der Waals surface area contributed by atoms with E-state index in [0.717, 1.165) is 53.5 Å². The molecule has 6 heteroatoms. The lowest BCUT2D eigenvalue weighted by Gasteiger charge is -2.19. The minimum atomic E-state index is 0.0221. The van der Waals surface area contributed by atoms with E-state index in [2.05, 4.69) is 50.4 Å². The van der Waals surface area contributed by atoms with Crippen LogP contribution in [0.1, 0.15) is 75.8 Å². The molecule has 1 heterocycles. The number of amides is 1. The van der Waals surface area contributed by atoms with Crippen LogP contribution in [-0.4, -0.2) is 27.8 Å². The molecule has 31 heavy (non-hydrogen) atoms.